The Morgan fingerprint density at radius 3 is 2.89 bits per heavy atom. The van der Waals surface area contributed by atoms with Gasteiger partial charge in [-0.3, -0.25) is 10.2 Å². The van der Waals surface area contributed by atoms with Gasteiger partial charge in [0, 0.05) is 12.1 Å². The molecule has 4 N–H and O–H groups in total. The van der Waals surface area contributed by atoms with Crippen molar-refractivity contribution in [1.82, 2.24) is 10.9 Å². The fourth-order valence-corrected chi connectivity index (χ4v) is 2.24. The van der Waals surface area contributed by atoms with E-state index in [4.69, 9.17) is 10.5 Å². The van der Waals surface area contributed by atoms with Crippen LogP contribution in [-0.2, 0) is 9.53 Å². The van der Waals surface area contributed by atoms with E-state index in [1.165, 1.54) is 12.8 Å². The third-order valence-electron chi connectivity index (χ3n) is 3.15. The summed E-state index contributed by atoms with van der Waals surface area (Å²) in [5, 5.41) is 0.146. The summed E-state index contributed by atoms with van der Waals surface area (Å²) in [7, 11) is 0. The molecule has 0 aromatic rings. The summed E-state index contributed by atoms with van der Waals surface area (Å²) in [6.07, 6.45) is 5.82. The number of hydrogen-bond acceptors (Lipinski definition) is 4. The summed E-state index contributed by atoms with van der Waals surface area (Å²) in [4.78, 5) is 11.7. The van der Waals surface area contributed by atoms with Crippen LogP contribution in [0, 0.1) is 5.92 Å². The third kappa shape index (κ3) is 5.92. The lowest BCUT2D eigenvalue weighted by molar-refractivity contribution is -0.144. The largest absolute Gasteiger partial charge is 0.462 e. The monoisotopic (exact) mass is 285 g/mol. The standard InChI is InChI=1S/C13H23N3O2S/c1-3-4-5-6-11-8-10(12(17)18-11)7-9(2)15-16-13(14)19/h10-11,15H,2-8H2,1H3,(H3,14,16,19)/t10-,11+/m0/s1. The summed E-state index contributed by atoms with van der Waals surface area (Å²) in [6.45, 7) is 5.99. The van der Waals surface area contributed by atoms with Gasteiger partial charge in [0.05, 0.1) is 5.92 Å². The first-order valence-corrected chi connectivity index (χ1v) is 7.13. The second-order valence-corrected chi connectivity index (χ2v) is 5.35. The van der Waals surface area contributed by atoms with Crippen molar-refractivity contribution in [3.63, 3.8) is 0 Å². The minimum absolute atomic E-state index is 0.0698. The molecule has 0 aromatic carbocycles. The van der Waals surface area contributed by atoms with Crippen LogP contribution < -0.4 is 16.6 Å². The molecule has 19 heavy (non-hydrogen) atoms. The molecular weight excluding hydrogens is 262 g/mol. The Morgan fingerprint density at radius 1 is 1.53 bits per heavy atom. The van der Waals surface area contributed by atoms with E-state index < -0.39 is 0 Å². The number of hydrazine groups is 1. The number of rotatable bonds is 8. The highest BCUT2D eigenvalue weighted by Gasteiger charge is 2.34. The summed E-state index contributed by atoms with van der Waals surface area (Å²) < 4.78 is 5.37. The minimum atomic E-state index is -0.125. The molecule has 1 aliphatic rings. The molecule has 1 fully saturated rings. The number of ether oxygens (including phenoxy) is 1. The molecule has 1 rings (SSSR count). The molecule has 108 valence electrons. The minimum Gasteiger partial charge on any atom is -0.462 e. The Hall–Kier alpha value is -1.30. The molecule has 0 spiro atoms. The summed E-state index contributed by atoms with van der Waals surface area (Å²) in [5.74, 6) is -0.237. The first-order valence-electron chi connectivity index (χ1n) is 6.72. The average molecular weight is 285 g/mol. The average Bonchev–Trinajstić information content (AvgIpc) is 2.68. The molecule has 1 saturated heterocycles. The molecule has 5 nitrogen and oxygen atoms in total. The first kappa shape index (κ1) is 15.8. The van der Waals surface area contributed by atoms with E-state index in [2.05, 4.69) is 36.6 Å². The van der Waals surface area contributed by atoms with Crippen LogP contribution in [0.3, 0.4) is 0 Å². The van der Waals surface area contributed by atoms with Gasteiger partial charge >= 0.3 is 5.97 Å². The van der Waals surface area contributed by atoms with Gasteiger partial charge < -0.3 is 15.9 Å². The van der Waals surface area contributed by atoms with Gasteiger partial charge in [0.15, 0.2) is 5.11 Å². The van der Waals surface area contributed by atoms with Gasteiger partial charge in [-0.15, -0.1) is 0 Å². The number of unbranched alkanes of at least 4 members (excludes halogenated alkanes) is 2. The fraction of sp³-hybridized carbons (Fsp3) is 0.692. The second-order valence-electron chi connectivity index (χ2n) is 4.91. The predicted octanol–water partition coefficient (Wildman–Crippen LogP) is 1.74. The van der Waals surface area contributed by atoms with Crippen LogP contribution in [0.1, 0.15) is 45.4 Å². The quantitative estimate of drug-likeness (QED) is 0.273. The normalized spacial score (nSPS) is 21.8. The van der Waals surface area contributed by atoms with E-state index in [0.717, 1.165) is 19.3 Å². The van der Waals surface area contributed by atoms with Crippen molar-refractivity contribution in [2.45, 2.75) is 51.6 Å². The van der Waals surface area contributed by atoms with E-state index in [0.29, 0.717) is 12.1 Å². The van der Waals surface area contributed by atoms with Gasteiger partial charge in [-0.1, -0.05) is 26.3 Å². The van der Waals surface area contributed by atoms with Gasteiger partial charge in [-0.25, -0.2) is 0 Å². The topological polar surface area (TPSA) is 76.4 Å². The number of thiocarbonyl (C=S) groups is 1. The van der Waals surface area contributed by atoms with Crippen LogP contribution in [-0.4, -0.2) is 17.2 Å². The maximum Gasteiger partial charge on any atom is 0.309 e. The summed E-state index contributed by atoms with van der Waals surface area (Å²) in [6, 6.07) is 0. The zero-order valence-corrected chi connectivity index (χ0v) is 12.2. The van der Waals surface area contributed by atoms with Crippen molar-refractivity contribution in [1.29, 1.82) is 0 Å². The number of nitrogens with one attached hydrogen (secondary N) is 2. The second kappa shape index (κ2) is 7.99. The van der Waals surface area contributed by atoms with Crippen LogP contribution in [0.5, 0.6) is 0 Å². The molecule has 6 heteroatoms. The third-order valence-corrected chi connectivity index (χ3v) is 3.25. The Balaban J connectivity index is 2.28. The number of cyclic esters (lactones) is 1. The molecule has 0 aromatic heterocycles. The maximum absolute atomic E-state index is 11.7. The van der Waals surface area contributed by atoms with Crippen LogP contribution in [0.25, 0.3) is 0 Å². The van der Waals surface area contributed by atoms with Crippen molar-refractivity contribution < 1.29 is 9.53 Å². The number of nitrogens with two attached hydrogens (primary N) is 1. The Morgan fingerprint density at radius 2 is 2.26 bits per heavy atom. The van der Waals surface area contributed by atoms with E-state index in [1.54, 1.807) is 0 Å². The number of carbonyl (C=O) groups is 1. The van der Waals surface area contributed by atoms with Crippen molar-refractivity contribution in [3.05, 3.63) is 12.3 Å². The van der Waals surface area contributed by atoms with E-state index in [9.17, 15) is 4.79 Å². The van der Waals surface area contributed by atoms with Crippen molar-refractivity contribution in [2.24, 2.45) is 11.7 Å². The summed E-state index contributed by atoms with van der Waals surface area (Å²) in [5.41, 5.74) is 11.3. The van der Waals surface area contributed by atoms with Crippen LogP contribution in [0.4, 0.5) is 0 Å². The number of carbonyl (C=O) groups excluding carboxylic acids is 1. The van der Waals surface area contributed by atoms with Crippen molar-refractivity contribution in [2.75, 3.05) is 0 Å². The Bertz CT molecular complexity index is 347. The number of hydrogen-bond donors (Lipinski definition) is 3. The lowest BCUT2D eigenvalue weighted by atomic mass is 9.97. The maximum atomic E-state index is 11.7. The highest BCUT2D eigenvalue weighted by atomic mass is 32.1. The van der Waals surface area contributed by atoms with Gasteiger partial charge in [0.2, 0.25) is 0 Å². The van der Waals surface area contributed by atoms with E-state index in [1.807, 2.05) is 0 Å². The smallest absolute Gasteiger partial charge is 0.309 e. The summed E-state index contributed by atoms with van der Waals surface area (Å²) >= 11 is 4.67. The SMILES string of the molecule is C=C(C[C@H]1C[C@@H](CCCCC)OC1=O)NNC(N)=S. The van der Waals surface area contributed by atoms with Crippen LogP contribution in [0.2, 0.25) is 0 Å². The van der Waals surface area contributed by atoms with Crippen molar-refractivity contribution >= 4 is 23.3 Å². The molecular formula is C13H23N3O2S. The van der Waals surface area contributed by atoms with Crippen molar-refractivity contribution in [3.8, 4) is 0 Å². The molecule has 0 unspecified atom stereocenters. The van der Waals surface area contributed by atoms with Crippen LogP contribution in [0.15, 0.2) is 12.3 Å². The molecule has 0 radical (unpaired) electrons. The highest BCUT2D eigenvalue weighted by molar-refractivity contribution is 7.80. The molecule has 0 amide bonds. The van der Waals surface area contributed by atoms with Gasteiger partial charge in [-0.2, -0.15) is 0 Å². The molecule has 1 heterocycles. The number of esters is 1. The first-order chi connectivity index (χ1) is 9.02. The lowest BCUT2D eigenvalue weighted by Gasteiger charge is -2.12. The molecule has 0 aliphatic carbocycles. The van der Waals surface area contributed by atoms with Crippen LogP contribution >= 0.6 is 12.2 Å². The van der Waals surface area contributed by atoms with Gasteiger partial charge in [0.25, 0.3) is 0 Å². The Kier molecular flexibility index (Phi) is 6.62. The molecule has 0 bridgehead atoms. The lowest BCUT2D eigenvalue weighted by Crippen LogP contribution is -2.40. The zero-order chi connectivity index (χ0) is 14.3. The molecule has 1 aliphatic heterocycles. The highest BCUT2D eigenvalue weighted by Crippen LogP contribution is 2.28. The number of allylic oxidation sites excluding steroid dienone is 1. The predicted molar refractivity (Wildman–Crippen MR) is 78.9 cm³/mol. The molecule has 0 saturated carbocycles. The zero-order valence-electron chi connectivity index (χ0n) is 11.4. The molecule has 2 atom stereocenters. The van der Waals surface area contributed by atoms with E-state index >= 15 is 0 Å². The Labute approximate surface area is 119 Å². The van der Waals surface area contributed by atoms with E-state index in [-0.39, 0.29) is 23.1 Å². The van der Waals surface area contributed by atoms with Gasteiger partial charge in [-0.05, 0) is 31.5 Å². The van der Waals surface area contributed by atoms with Gasteiger partial charge in [0.1, 0.15) is 6.10 Å². The fourth-order valence-electron chi connectivity index (χ4n) is 2.19.